The Bertz CT molecular complexity index is 376. The molecule has 4 heteroatoms. The van der Waals surface area contributed by atoms with Crippen LogP contribution >= 0.6 is 11.3 Å². The van der Waals surface area contributed by atoms with E-state index in [4.69, 9.17) is 0 Å². The fourth-order valence-corrected chi connectivity index (χ4v) is 2.11. The molecule has 0 aromatic carbocycles. The third-order valence-corrected chi connectivity index (χ3v) is 2.97. The lowest BCUT2D eigenvalue weighted by molar-refractivity contribution is 0.768. The van der Waals surface area contributed by atoms with Crippen LogP contribution in [0.3, 0.4) is 0 Å². The largest absolute Gasteiger partial charge is 0.378 e. The van der Waals surface area contributed by atoms with E-state index in [0.29, 0.717) is 0 Å². The summed E-state index contributed by atoms with van der Waals surface area (Å²) in [5.41, 5.74) is 1.07. The number of hydrogen-bond acceptors (Lipinski definition) is 3. The Morgan fingerprint density at radius 2 is 2.36 bits per heavy atom. The SMILES string of the molecule is Cc1ccc(CNc2cnn(C)c2)s1. The topological polar surface area (TPSA) is 29.9 Å². The summed E-state index contributed by atoms with van der Waals surface area (Å²) in [7, 11) is 1.92. The number of anilines is 1. The second kappa shape index (κ2) is 3.84. The first-order chi connectivity index (χ1) is 6.74. The molecule has 0 aliphatic rings. The summed E-state index contributed by atoms with van der Waals surface area (Å²) in [5.74, 6) is 0. The van der Waals surface area contributed by atoms with Crippen molar-refractivity contribution in [3.05, 3.63) is 34.3 Å². The first-order valence-corrected chi connectivity index (χ1v) is 5.33. The van der Waals surface area contributed by atoms with Gasteiger partial charge in [0, 0.05) is 29.5 Å². The normalized spacial score (nSPS) is 10.4. The highest BCUT2D eigenvalue weighted by Crippen LogP contribution is 2.16. The van der Waals surface area contributed by atoms with Gasteiger partial charge in [0.15, 0.2) is 0 Å². The highest BCUT2D eigenvalue weighted by Gasteiger charge is 1.98. The van der Waals surface area contributed by atoms with Gasteiger partial charge in [-0.3, -0.25) is 4.68 Å². The van der Waals surface area contributed by atoms with E-state index >= 15 is 0 Å². The van der Waals surface area contributed by atoms with Gasteiger partial charge < -0.3 is 5.32 Å². The van der Waals surface area contributed by atoms with Crippen molar-refractivity contribution in [2.24, 2.45) is 7.05 Å². The van der Waals surface area contributed by atoms with Crippen molar-refractivity contribution in [2.45, 2.75) is 13.5 Å². The molecule has 0 radical (unpaired) electrons. The van der Waals surface area contributed by atoms with Crippen LogP contribution in [0.15, 0.2) is 24.5 Å². The molecule has 0 amide bonds. The average molecular weight is 207 g/mol. The van der Waals surface area contributed by atoms with Gasteiger partial charge in [0.25, 0.3) is 0 Å². The third-order valence-electron chi connectivity index (χ3n) is 1.97. The highest BCUT2D eigenvalue weighted by molar-refractivity contribution is 7.11. The Hall–Kier alpha value is -1.29. The van der Waals surface area contributed by atoms with Crippen LogP contribution in [-0.4, -0.2) is 9.78 Å². The zero-order valence-corrected chi connectivity index (χ0v) is 9.14. The fraction of sp³-hybridized carbons (Fsp3) is 0.300. The molecule has 0 atom stereocenters. The lowest BCUT2D eigenvalue weighted by atomic mass is 10.4. The summed E-state index contributed by atoms with van der Waals surface area (Å²) >= 11 is 1.82. The van der Waals surface area contributed by atoms with E-state index in [2.05, 4.69) is 29.5 Å². The Kier molecular flexibility index (Phi) is 2.54. The molecule has 0 aliphatic heterocycles. The van der Waals surface area contributed by atoms with Crippen LogP contribution in [0.2, 0.25) is 0 Å². The van der Waals surface area contributed by atoms with E-state index in [0.717, 1.165) is 12.2 Å². The molecule has 14 heavy (non-hydrogen) atoms. The lowest BCUT2D eigenvalue weighted by Gasteiger charge is -1.99. The maximum Gasteiger partial charge on any atom is 0.0729 e. The molecule has 3 nitrogen and oxygen atoms in total. The molecule has 0 bridgehead atoms. The Morgan fingerprint density at radius 1 is 1.50 bits per heavy atom. The van der Waals surface area contributed by atoms with Gasteiger partial charge in [-0.1, -0.05) is 0 Å². The third kappa shape index (κ3) is 2.14. The number of aromatic nitrogens is 2. The van der Waals surface area contributed by atoms with Crippen LogP contribution in [-0.2, 0) is 13.6 Å². The van der Waals surface area contributed by atoms with E-state index in [1.807, 2.05) is 30.8 Å². The maximum atomic E-state index is 4.09. The van der Waals surface area contributed by atoms with Crippen molar-refractivity contribution in [1.82, 2.24) is 9.78 Å². The summed E-state index contributed by atoms with van der Waals surface area (Å²) in [6.07, 6.45) is 3.81. The van der Waals surface area contributed by atoms with Crippen LogP contribution in [0, 0.1) is 6.92 Å². The summed E-state index contributed by atoms with van der Waals surface area (Å²) in [6.45, 7) is 3.00. The van der Waals surface area contributed by atoms with Crippen LogP contribution in [0.1, 0.15) is 9.75 Å². The van der Waals surface area contributed by atoms with Gasteiger partial charge in [-0.2, -0.15) is 5.10 Å². The summed E-state index contributed by atoms with van der Waals surface area (Å²) in [4.78, 5) is 2.71. The van der Waals surface area contributed by atoms with Gasteiger partial charge in [-0.15, -0.1) is 11.3 Å². The second-order valence-electron chi connectivity index (χ2n) is 3.27. The summed E-state index contributed by atoms with van der Waals surface area (Å²) in [6, 6.07) is 4.30. The average Bonchev–Trinajstić information content (AvgIpc) is 2.72. The van der Waals surface area contributed by atoms with Gasteiger partial charge in [0.05, 0.1) is 11.9 Å². The molecule has 0 saturated carbocycles. The quantitative estimate of drug-likeness (QED) is 0.837. The molecule has 0 saturated heterocycles. The van der Waals surface area contributed by atoms with E-state index < -0.39 is 0 Å². The van der Waals surface area contributed by atoms with Crippen LogP contribution in [0.5, 0.6) is 0 Å². The van der Waals surface area contributed by atoms with E-state index in [1.54, 1.807) is 4.68 Å². The van der Waals surface area contributed by atoms with E-state index in [9.17, 15) is 0 Å². The molecule has 0 unspecified atom stereocenters. The molecule has 74 valence electrons. The van der Waals surface area contributed by atoms with Crippen molar-refractivity contribution in [3.8, 4) is 0 Å². The minimum atomic E-state index is 0.879. The number of nitrogens with zero attached hydrogens (tertiary/aromatic N) is 2. The zero-order valence-electron chi connectivity index (χ0n) is 8.32. The second-order valence-corrected chi connectivity index (χ2v) is 4.64. The van der Waals surface area contributed by atoms with E-state index in [1.165, 1.54) is 9.75 Å². The molecule has 2 aromatic rings. The Morgan fingerprint density at radius 3 is 2.93 bits per heavy atom. The smallest absolute Gasteiger partial charge is 0.0729 e. The zero-order chi connectivity index (χ0) is 9.97. The first kappa shape index (κ1) is 9.27. The maximum absolute atomic E-state index is 4.09. The molecule has 2 rings (SSSR count). The predicted octanol–water partition coefficient (Wildman–Crippen LogP) is 2.40. The van der Waals surface area contributed by atoms with Gasteiger partial charge in [-0.25, -0.2) is 0 Å². The van der Waals surface area contributed by atoms with Crippen LogP contribution in [0.25, 0.3) is 0 Å². The molecule has 2 heterocycles. The van der Waals surface area contributed by atoms with Gasteiger partial charge in [0.2, 0.25) is 0 Å². The Labute approximate surface area is 87.4 Å². The monoisotopic (exact) mass is 207 g/mol. The number of rotatable bonds is 3. The molecule has 0 aliphatic carbocycles. The molecular weight excluding hydrogens is 194 g/mol. The van der Waals surface area contributed by atoms with Gasteiger partial charge >= 0.3 is 0 Å². The standard InChI is InChI=1S/C10H13N3S/c1-8-3-4-10(14-8)6-11-9-5-12-13(2)7-9/h3-5,7,11H,6H2,1-2H3. The first-order valence-electron chi connectivity index (χ1n) is 4.52. The number of thiophene rings is 1. The lowest BCUT2D eigenvalue weighted by Crippen LogP contribution is -1.95. The van der Waals surface area contributed by atoms with Crippen molar-refractivity contribution < 1.29 is 0 Å². The summed E-state index contributed by atoms with van der Waals surface area (Å²) < 4.78 is 1.79. The molecular formula is C10H13N3S. The predicted molar refractivity (Wildman–Crippen MR) is 59.6 cm³/mol. The summed E-state index contributed by atoms with van der Waals surface area (Å²) in [5, 5.41) is 7.41. The molecule has 0 spiro atoms. The molecule has 0 fully saturated rings. The molecule has 2 aromatic heterocycles. The van der Waals surface area contributed by atoms with Gasteiger partial charge in [-0.05, 0) is 19.1 Å². The van der Waals surface area contributed by atoms with Crippen molar-refractivity contribution in [1.29, 1.82) is 0 Å². The van der Waals surface area contributed by atoms with Gasteiger partial charge in [0.1, 0.15) is 0 Å². The highest BCUT2D eigenvalue weighted by atomic mass is 32.1. The number of hydrogen-bond donors (Lipinski definition) is 1. The van der Waals surface area contributed by atoms with E-state index in [-0.39, 0.29) is 0 Å². The van der Waals surface area contributed by atoms with Crippen molar-refractivity contribution in [2.75, 3.05) is 5.32 Å². The van der Waals surface area contributed by atoms with Crippen LogP contribution < -0.4 is 5.32 Å². The number of nitrogens with one attached hydrogen (secondary N) is 1. The molecule has 1 N–H and O–H groups in total. The minimum Gasteiger partial charge on any atom is -0.378 e. The van der Waals surface area contributed by atoms with Crippen LogP contribution in [0.4, 0.5) is 5.69 Å². The van der Waals surface area contributed by atoms with Crippen molar-refractivity contribution in [3.63, 3.8) is 0 Å². The van der Waals surface area contributed by atoms with Crippen molar-refractivity contribution >= 4 is 17.0 Å². The number of aryl methyl sites for hydroxylation is 2. The Balaban J connectivity index is 1.94. The fourth-order valence-electron chi connectivity index (χ4n) is 1.28. The minimum absolute atomic E-state index is 0.879.